The lowest BCUT2D eigenvalue weighted by Gasteiger charge is -2.02. The van der Waals surface area contributed by atoms with Crippen molar-refractivity contribution < 1.29 is 13.5 Å². The minimum atomic E-state index is -0.937. The molecule has 0 unspecified atom stereocenters. The summed E-state index contributed by atoms with van der Waals surface area (Å²) < 4.78 is 30.4. The van der Waals surface area contributed by atoms with Crippen LogP contribution in [-0.4, -0.2) is 7.11 Å². The summed E-state index contributed by atoms with van der Waals surface area (Å²) in [7, 11) is 1.30. The van der Waals surface area contributed by atoms with Crippen LogP contribution < -0.4 is 4.74 Å². The van der Waals surface area contributed by atoms with Crippen LogP contribution in [0.3, 0.4) is 0 Å². The predicted molar refractivity (Wildman–Crippen MR) is 45.6 cm³/mol. The first-order chi connectivity index (χ1) is 5.15. The van der Waals surface area contributed by atoms with Crippen LogP contribution in [0.1, 0.15) is 0 Å². The summed E-state index contributed by atoms with van der Waals surface area (Å²) >= 11 is 1.88. The molecule has 0 radical (unpaired) electrons. The molecule has 0 N–H and O–H groups in total. The van der Waals surface area contributed by atoms with Gasteiger partial charge in [0.15, 0.2) is 11.6 Å². The fourth-order valence-electron chi connectivity index (χ4n) is 0.681. The number of benzene rings is 1. The van der Waals surface area contributed by atoms with Gasteiger partial charge in [-0.05, 0) is 34.7 Å². The van der Waals surface area contributed by atoms with Gasteiger partial charge in [0.2, 0.25) is 5.82 Å². The molecule has 0 spiro atoms. The molecule has 0 fully saturated rings. The summed E-state index contributed by atoms with van der Waals surface area (Å²) in [5.74, 6) is -1.88. The summed E-state index contributed by atoms with van der Waals surface area (Å²) in [5, 5.41) is 0. The van der Waals surface area contributed by atoms with Crippen molar-refractivity contribution in [1.82, 2.24) is 0 Å². The maximum atomic E-state index is 12.7. The van der Waals surface area contributed by atoms with Crippen LogP contribution in [0.5, 0.6) is 5.75 Å². The summed E-state index contributed by atoms with van der Waals surface area (Å²) in [6, 6.07) is 2.54. The van der Waals surface area contributed by atoms with E-state index in [2.05, 4.69) is 4.74 Å². The van der Waals surface area contributed by atoms with Crippen LogP contribution in [0.25, 0.3) is 0 Å². The molecule has 0 saturated carbocycles. The van der Waals surface area contributed by atoms with E-state index in [1.54, 1.807) is 0 Å². The van der Waals surface area contributed by atoms with Gasteiger partial charge in [-0.25, -0.2) is 4.39 Å². The van der Waals surface area contributed by atoms with E-state index in [-0.39, 0.29) is 5.75 Å². The maximum absolute atomic E-state index is 12.7. The number of methoxy groups -OCH3 is 1. The second-order valence-electron chi connectivity index (χ2n) is 1.90. The Kier molecular flexibility index (Phi) is 2.64. The molecule has 1 aromatic rings. The van der Waals surface area contributed by atoms with Crippen molar-refractivity contribution in [3.05, 3.63) is 27.3 Å². The summed E-state index contributed by atoms with van der Waals surface area (Å²) in [4.78, 5) is 0. The molecule has 0 heterocycles. The van der Waals surface area contributed by atoms with E-state index in [0.29, 0.717) is 3.57 Å². The Morgan fingerprint density at radius 3 is 2.55 bits per heavy atom. The molecular weight excluding hydrogens is 265 g/mol. The standard InChI is InChI=1S/C7H5F2IO/c1-11-6-3-4(10)2-5(8)7(6)9/h2-3H,1H3. The lowest BCUT2D eigenvalue weighted by molar-refractivity contribution is 0.371. The Hall–Kier alpha value is -0.390. The third kappa shape index (κ3) is 1.79. The lowest BCUT2D eigenvalue weighted by atomic mass is 10.3. The van der Waals surface area contributed by atoms with Gasteiger partial charge >= 0.3 is 0 Å². The number of rotatable bonds is 1. The molecule has 0 saturated heterocycles. The van der Waals surface area contributed by atoms with Gasteiger partial charge in [-0.2, -0.15) is 4.39 Å². The zero-order chi connectivity index (χ0) is 8.43. The van der Waals surface area contributed by atoms with Crippen LogP contribution in [-0.2, 0) is 0 Å². The highest BCUT2D eigenvalue weighted by molar-refractivity contribution is 14.1. The van der Waals surface area contributed by atoms with E-state index in [0.717, 1.165) is 6.07 Å². The number of ether oxygens (including phenoxy) is 1. The highest BCUT2D eigenvalue weighted by atomic mass is 127. The van der Waals surface area contributed by atoms with E-state index in [1.807, 2.05) is 22.6 Å². The van der Waals surface area contributed by atoms with E-state index in [9.17, 15) is 8.78 Å². The van der Waals surface area contributed by atoms with Crippen molar-refractivity contribution >= 4 is 22.6 Å². The van der Waals surface area contributed by atoms with Crippen LogP contribution >= 0.6 is 22.6 Å². The van der Waals surface area contributed by atoms with Crippen LogP contribution in [0.4, 0.5) is 8.78 Å². The molecule has 0 aliphatic heterocycles. The number of hydrogen-bond donors (Lipinski definition) is 0. The molecule has 1 rings (SSSR count). The minimum Gasteiger partial charge on any atom is -0.494 e. The molecule has 11 heavy (non-hydrogen) atoms. The average molecular weight is 270 g/mol. The number of halogens is 3. The van der Waals surface area contributed by atoms with Gasteiger partial charge < -0.3 is 4.74 Å². The average Bonchev–Trinajstić information content (AvgIpc) is 1.96. The Labute approximate surface area is 76.5 Å². The van der Waals surface area contributed by atoms with Crippen molar-refractivity contribution in [3.63, 3.8) is 0 Å². The molecule has 4 heteroatoms. The second kappa shape index (κ2) is 3.34. The maximum Gasteiger partial charge on any atom is 0.200 e. The van der Waals surface area contributed by atoms with Gasteiger partial charge in [0.05, 0.1) is 7.11 Å². The third-order valence-electron chi connectivity index (χ3n) is 1.18. The van der Waals surface area contributed by atoms with E-state index < -0.39 is 11.6 Å². The summed E-state index contributed by atoms with van der Waals surface area (Å²) in [5.41, 5.74) is 0. The largest absolute Gasteiger partial charge is 0.494 e. The monoisotopic (exact) mass is 270 g/mol. The van der Waals surface area contributed by atoms with E-state index in [4.69, 9.17) is 0 Å². The first-order valence-electron chi connectivity index (χ1n) is 2.83. The Morgan fingerprint density at radius 1 is 1.36 bits per heavy atom. The van der Waals surface area contributed by atoms with Crippen molar-refractivity contribution in [2.75, 3.05) is 7.11 Å². The molecule has 0 bridgehead atoms. The Morgan fingerprint density at radius 2 is 2.00 bits per heavy atom. The predicted octanol–water partition coefficient (Wildman–Crippen LogP) is 2.58. The summed E-state index contributed by atoms with van der Waals surface area (Å²) in [6.07, 6.45) is 0. The Bertz CT molecular complexity index is 275. The minimum absolute atomic E-state index is 0.0607. The molecule has 0 atom stereocenters. The smallest absolute Gasteiger partial charge is 0.200 e. The van der Waals surface area contributed by atoms with Crippen LogP contribution in [0.2, 0.25) is 0 Å². The normalized spacial score (nSPS) is 9.82. The second-order valence-corrected chi connectivity index (χ2v) is 3.15. The SMILES string of the molecule is COc1cc(I)cc(F)c1F. The van der Waals surface area contributed by atoms with Crippen molar-refractivity contribution in [1.29, 1.82) is 0 Å². The fraction of sp³-hybridized carbons (Fsp3) is 0.143. The molecule has 0 aliphatic rings. The van der Waals surface area contributed by atoms with Crippen LogP contribution in [0.15, 0.2) is 12.1 Å². The quantitative estimate of drug-likeness (QED) is 0.563. The third-order valence-corrected chi connectivity index (χ3v) is 1.80. The molecule has 1 nitrogen and oxygen atoms in total. The Balaban J connectivity index is 3.24. The van der Waals surface area contributed by atoms with Gasteiger partial charge in [0.1, 0.15) is 0 Å². The summed E-state index contributed by atoms with van der Waals surface area (Å²) in [6.45, 7) is 0. The van der Waals surface area contributed by atoms with Crippen molar-refractivity contribution in [2.24, 2.45) is 0 Å². The van der Waals surface area contributed by atoms with Gasteiger partial charge in [-0.15, -0.1) is 0 Å². The highest BCUT2D eigenvalue weighted by Crippen LogP contribution is 2.22. The lowest BCUT2D eigenvalue weighted by Crippen LogP contribution is -1.92. The zero-order valence-electron chi connectivity index (χ0n) is 5.70. The van der Waals surface area contributed by atoms with Gasteiger partial charge in [0.25, 0.3) is 0 Å². The molecule has 60 valence electrons. The first kappa shape index (κ1) is 8.70. The number of hydrogen-bond acceptors (Lipinski definition) is 1. The molecular formula is C7H5F2IO. The first-order valence-corrected chi connectivity index (χ1v) is 3.91. The van der Waals surface area contributed by atoms with E-state index in [1.165, 1.54) is 13.2 Å². The highest BCUT2D eigenvalue weighted by Gasteiger charge is 2.09. The van der Waals surface area contributed by atoms with Crippen molar-refractivity contribution in [2.45, 2.75) is 0 Å². The molecule has 0 aliphatic carbocycles. The van der Waals surface area contributed by atoms with Crippen LogP contribution in [0, 0.1) is 15.2 Å². The molecule has 0 aromatic heterocycles. The molecule has 0 amide bonds. The van der Waals surface area contributed by atoms with Gasteiger partial charge in [-0.1, -0.05) is 0 Å². The van der Waals surface area contributed by atoms with E-state index >= 15 is 0 Å². The fourth-order valence-corrected chi connectivity index (χ4v) is 1.24. The topological polar surface area (TPSA) is 9.23 Å². The van der Waals surface area contributed by atoms with Gasteiger partial charge in [-0.3, -0.25) is 0 Å². The zero-order valence-corrected chi connectivity index (χ0v) is 7.85. The van der Waals surface area contributed by atoms with Gasteiger partial charge in [0, 0.05) is 3.57 Å². The molecule has 1 aromatic carbocycles. The van der Waals surface area contributed by atoms with Crippen molar-refractivity contribution in [3.8, 4) is 5.75 Å².